The highest BCUT2D eigenvalue weighted by Crippen LogP contribution is 2.12. The van der Waals surface area contributed by atoms with Crippen LogP contribution >= 0.6 is 0 Å². The molecular formula is C13H18O4. The Balaban J connectivity index is 2.32. The van der Waals surface area contributed by atoms with Gasteiger partial charge in [0.2, 0.25) is 0 Å². The fraction of sp³-hybridized carbons (Fsp3) is 0.385. The summed E-state index contributed by atoms with van der Waals surface area (Å²) >= 11 is 0. The van der Waals surface area contributed by atoms with Crippen molar-refractivity contribution in [1.29, 1.82) is 0 Å². The summed E-state index contributed by atoms with van der Waals surface area (Å²) in [4.78, 5) is 0. The summed E-state index contributed by atoms with van der Waals surface area (Å²) in [6.45, 7) is 3.84. The lowest BCUT2D eigenvalue weighted by Crippen LogP contribution is -2.28. The number of hydrogen-bond acceptors (Lipinski definition) is 4. The third-order valence-electron chi connectivity index (χ3n) is 2.35. The summed E-state index contributed by atoms with van der Waals surface area (Å²) in [5, 5.41) is 18.6. The molecule has 0 spiro atoms. The molecule has 0 bridgehead atoms. The summed E-state index contributed by atoms with van der Waals surface area (Å²) in [7, 11) is 1.61. The monoisotopic (exact) mass is 238 g/mol. The molecular weight excluding hydrogens is 220 g/mol. The standard InChI is InChI=1S/C13H18O4/c1-3-12(14)13(15)9-17-8-10-4-6-11(16-2)7-5-10/h3-7,12-15H,1,8-9H2,2H3/t12-,13-/m0/s1. The molecule has 0 fully saturated rings. The van der Waals surface area contributed by atoms with Gasteiger partial charge in [0.25, 0.3) is 0 Å². The van der Waals surface area contributed by atoms with E-state index in [9.17, 15) is 10.2 Å². The molecule has 0 saturated heterocycles. The molecule has 4 heteroatoms. The van der Waals surface area contributed by atoms with Gasteiger partial charge in [-0.05, 0) is 17.7 Å². The van der Waals surface area contributed by atoms with Crippen molar-refractivity contribution >= 4 is 0 Å². The van der Waals surface area contributed by atoms with Crippen LogP contribution in [0.2, 0.25) is 0 Å². The summed E-state index contributed by atoms with van der Waals surface area (Å²) in [6, 6.07) is 7.45. The second-order valence-electron chi connectivity index (χ2n) is 3.66. The normalized spacial score (nSPS) is 14.1. The van der Waals surface area contributed by atoms with Gasteiger partial charge in [-0.2, -0.15) is 0 Å². The Hall–Kier alpha value is -1.36. The molecule has 0 heterocycles. The van der Waals surface area contributed by atoms with Crippen molar-refractivity contribution in [2.24, 2.45) is 0 Å². The first-order valence-corrected chi connectivity index (χ1v) is 5.36. The third kappa shape index (κ3) is 4.56. The lowest BCUT2D eigenvalue weighted by atomic mass is 10.2. The van der Waals surface area contributed by atoms with E-state index in [0.717, 1.165) is 11.3 Å². The summed E-state index contributed by atoms with van der Waals surface area (Å²) in [6.07, 6.45) is -0.613. The van der Waals surface area contributed by atoms with Crippen LogP contribution in [0.3, 0.4) is 0 Å². The number of hydrogen-bond donors (Lipinski definition) is 2. The van der Waals surface area contributed by atoms with Crippen molar-refractivity contribution < 1.29 is 19.7 Å². The number of benzene rings is 1. The number of rotatable bonds is 7. The number of ether oxygens (including phenoxy) is 2. The van der Waals surface area contributed by atoms with Gasteiger partial charge in [0.15, 0.2) is 0 Å². The Bertz CT molecular complexity index is 334. The fourth-order valence-electron chi connectivity index (χ4n) is 1.27. The van der Waals surface area contributed by atoms with Gasteiger partial charge in [0.1, 0.15) is 11.9 Å². The van der Waals surface area contributed by atoms with Crippen LogP contribution in [0.1, 0.15) is 5.56 Å². The van der Waals surface area contributed by atoms with Crippen LogP contribution < -0.4 is 4.74 Å². The number of aliphatic hydroxyl groups is 2. The van der Waals surface area contributed by atoms with E-state index in [-0.39, 0.29) is 6.61 Å². The van der Waals surface area contributed by atoms with Gasteiger partial charge in [-0.3, -0.25) is 0 Å². The summed E-state index contributed by atoms with van der Waals surface area (Å²) in [5.41, 5.74) is 0.978. The molecule has 0 aromatic heterocycles. The Labute approximate surface area is 101 Å². The van der Waals surface area contributed by atoms with E-state index < -0.39 is 12.2 Å². The van der Waals surface area contributed by atoms with E-state index in [1.807, 2.05) is 24.3 Å². The first kappa shape index (κ1) is 13.7. The van der Waals surface area contributed by atoms with Crippen molar-refractivity contribution in [2.75, 3.05) is 13.7 Å². The SMILES string of the molecule is C=C[C@H](O)[C@@H](O)COCc1ccc(OC)cc1. The second kappa shape index (κ2) is 7.06. The third-order valence-corrected chi connectivity index (χ3v) is 2.35. The zero-order valence-corrected chi connectivity index (χ0v) is 9.87. The van der Waals surface area contributed by atoms with Gasteiger partial charge in [-0.25, -0.2) is 0 Å². The summed E-state index contributed by atoms with van der Waals surface area (Å²) in [5.74, 6) is 0.788. The second-order valence-corrected chi connectivity index (χ2v) is 3.66. The molecule has 0 aliphatic carbocycles. The van der Waals surface area contributed by atoms with Gasteiger partial charge in [-0.15, -0.1) is 6.58 Å². The first-order chi connectivity index (χ1) is 8.17. The molecule has 1 rings (SSSR count). The van der Waals surface area contributed by atoms with Crippen molar-refractivity contribution in [3.8, 4) is 5.75 Å². The number of methoxy groups -OCH3 is 1. The van der Waals surface area contributed by atoms with Gasteiger partial charge in [0.05, 0.1) is 26.4 Å². The van der Waals surface area contributed by atoms with Crippen molar-refractivity contribution in [1.82, 2.24) is 0 Å². The summed E-state index contributed by atoms with van der Waals surface area (Å²) < 4.78 is 10.3. The van der Waals surface area contributed by atoms with Crippen LogP contribution in [0.15, 0.2) is 36.9 Å². The minimum Gasteiger partial charge on any atom is -0.497 e. The van der Waals surface area contributed by atoms with Crippen LogP contribution in [0.25, 0.3) is 0 Å². The van der Waals surface area contributed by atoms with E-state index in [4.69, 9.17) is 9.47 Å². The number of aliphatic hydroxyl groups excluding tert-OH is 2. The maximum absolute atomic E-state index is 9.41. The highest BCUT2D eigenvalue weighted by atomic mass is 16.5. The molecule has 2 atom stereocenters. The highest BCUT2D eigenvalue weighted by molar-refractivity contribution is 5.26. The predicted octanol–water partition coefficient (Wildman–Crippen LogP) is 1.12. The molecule has 0 radical (unpaired) electrons. The van der Waals surface area contributed by atoms with Gasteiger partial charge >= 0.3 is 0 Å². The average molecular weight is 238 g/mol. The zero-order valence-electron chi connectivity index (χ0n) is 9.87. The Morgan fingerprint density at radius 2 is 1.94 bits per heavy atom. The molecule has 0 amide bonds. The van der Waals surface area contributed by atoms with E-state index in [1.165, 1.54) is 6.08 Å². The van der Waals surface area contributed by atoms with E-state index in [1.54, 1.807) is 7.11 Å². The van der Waals surface area contributed by atoms with Crippen molar-refractivity contribution in [3.05, 3.63) is 42.5 Å². The molecule has 2 N–H and O–H groups in total. The molecule has 0 aliphatic rings. The molecule has 1 aromatic carbocycles. The predicted molar refractivity (Wildman–Crippen MR) is 64.9 cm³/mol. The molecule has 4 nitrogen and oxygen atoms in total. The van der Waals surface area contributed by atoms with Crippen LogP contribution in [0, 0.1) is 0 Å². The smallest absolute Gasteiger partial charge is 0.118 e. The van der Waals surface area contributed by atoms with Gasteiger partial charge < -0.3 is 19.7 Å². The lowest BCUT2D eigenvalue weighted by Gasteiger charge is -2.14. The van der Waals surface area contributed by atoms with Crippen molar-refractivity contribution in [2.45, 2.75) is 18.8 Å². The van der Waals surface area contributed by atoms with E-state index in [0.29, 0.717) is 6.61 Å². The molecule has 1 aromatic rings. The van der Waals surface area contributed by atoms with Gasteiger partial charge in [0, 0.05) is 0 Å². The topological polar surface area (TPSA) is 58.9 Å². The first-order valence-electron chi connectivity index (χ1n) is 5.36. The Kier molecular flexibility index (Phi) is 5.69. The molecule has 17 heavy (non-hydrogen) atoms. The molecule has 0 unspecified atom stereocenters. The lowest BCUT2D eigenvalue weighted by molar-refractivity contribution is -0.0247. The van der Waals surface area contributed by atoms with Gasteiger partial charge in [-0.1, -0.05) is 18.2 Å². The maximum atomic E-state index is 9.41. The van der Waals surface area contributed by atoms with E-state index in [2.05, 4.69) is 6.58 Å². The van der Waals surface area contributed by atoms with E-state index >= 15 is 0 Å². The van der Waals surface area contributed by atoms with Crippen molar-refractivity contribution in [3.63, 3.8) is 0 Å². The van der Waals surface area contributed by atoms with Crippen LogP contribution in [-0.4, -0.2) is 36.1 Å². The molecule has 94 valence electrons. The minimum absolute atomic E-state index is 0.0687. The Morgan fingerprint density at radius 3 is 2.47 bits per heavy atom. The molecule has 0 aliphatic heterocycles. The van der Waals surface area contributed by atoms with Crippen LogP contribution in [0.4, 0.5) is 0 Å². The zero-order chi connectivity index (χ0) is 12.7. The Morgan fingerprint density at radius 1 is 1.29 bits per heavy atom. The molecule has 0 saturated carbocycles. The largest absolute Gasteiger partial charge is 0.497 e. The van der Waals surface area contributed by atoms with Crippen LogP contribution in [-0.2, 0) is 11.3 Å². The maximum Gasteiger partial charge on any atom is 0.118 e. The quantitative estimate of drug-likeness (QED) is 0.699. The fourth-order valence-corrected chi connectivity index (χ4v) is 1.27. The highest BCUT2D eigenvalue weighted by Gasteiger charge is 2.12. The average Bonchev–Trinajstić information content (AvgIpc) is 2.38. The minimum atomic E-state index is -0.953. The van der Waals surface area contributed by atoms with Crippen LogP contribution in [0.5, 0.6) is 5.75 Å².